The lowest BCUT2D eigenvalue weighted by Gasteiger charge is -2.15. The van der Waals surface area contributed by atoms with E-state index in [0.29, 0.717) is 19.5 Å². The van der Waals surface area contributed by atoms with E-state index >= 15 is 0 Å². The Labute approximate surface area is 133 Å². The molecule has 1 unspecified atom stereocenters. The molecule has 114 valence electrons. The van der Waals surface area contributed by atoms with Crippen LogP contribution in [0.4, 0.5) is 5.69 Å². The van der Waals surface area contributed by atoms with Crippen molar-refractivity contribution in [2.24, 2.45) is 5.92 Å². The van der Waals surface area contributed by atoms with Crippen molar-refractivity contribution >= 4 is 28.8 Å². The monoisotopic (exact) mass is 314 g/mol. The summed E-state index contributed by atoms with van der Waals surface area (Å²) in [4.78, 5) is 27.1. The average molecular weight is 314 g/mol. The van der Waals surface area contributed by atoms with E-state index in [2.05, 4.69) is 5.32 Å². The van der Waals surface area contributed by atoms with E-state index in [1.807, 2.05) is 48.7 Å². The first kappa shape index (κ1) is 14.8. The van der Waals surface area contributed by atoms with Gasteiger partial charge in [0.1, 0.15) is 0 Å². The topological polar surface area (TPSA) is 49.4 Å². The zero-order valence-corrected chi connectivity index (χ0v) is 13.2. The van der Waals surface area contributed by atoms with Gasteiger partial charge < -0.3 is 10.2 Å². The molecule has 1 fully saturated rings. The minimum atomic E-state index is -0.260. The highest BCUT2D eigenvalue weighted by Crippen LogP contribution is 2.32. The highest BCUT2D eigenvalue weighted by atomic mass is 32.1. The van der Waals surface area contributed by atoms with Gasteiger partial charge in [-0.3, -0.25) is 9.59 Å². The molecular formula is C17H18N2O2S. The van der Waals surface area contributed by atoms with Crippen LogP contribution in [0.15, 0.2) is 41.8 Å². The maximum absolute atomic E-state index is 12.5. The number of carbonyl (C=O) groups is 2. The number of hydrogen-bond donors (Lipinski definition) is 1. The van der Waals surface area contributed by atoms with Gasteiger partial charge >= 0.3 is 0 Å². The number of anilines is 1. The molecule has 1 atom stereocenters. The van der Waals surface area contributed by atoms with Gasteiger partial charge in [0.05, 0.1) is 5.92 Å². The third-order valence-electron chi connectivity index (χ3n) is 3.94. The fourth-order valence-corrected chi connectivity index (χ4v) is 3.49. The second-order valence-corrected chi connectivity index (χ2v) is 6.29. The van der Waals surface area contributed by atoms with Crippen LogP contribution in [0.5, 0.6) is 0 Å². The Morgan fingerprint density at radius 3 is 2.82 bits per heavy atom. The van der Waals surface area contributed by atoms with E-state index in [0.717, 1.165) is 16.1 Å². The smallest absolute Gasteiger partial charge is 0.229 e. The maximum Gasteiger partial charge on any atom is 0.229 e. The van der Waals surface area contributed by atoms with E-state index in [-0.39, 0.29) is 17.7 Å². The number of rotatable bonds is 4. The molecule has 1 aliphatic rings. The van der Waals surface area contributed by atoms with Crippen molar-refractivity contribution in [2.45, 2.75) is 13.3 Å². The number of thiophene rings is 1. The molecule has 1 N–H and O–H groups in total. The van der Waals surface area contributed by atoms with Crippen LogP contribution in [-0.2, 0) is 9.59 Å². The van der Waals surface area contributed by atoms with Crippen LogP contribution in [0.2, 0.25) is 0 Å². The third-order valence-corrected chi connectivity index (χ3v) is 4.84. The molecule has 1 aromatic heterocycles. The second-order valence-electron chi connectivity index (χ2n) is 5.35. The summed E-state index contributed by atoms with van der Waals surface area (Å²) in [6.45, 7) is 3.11. The van der Waals surface area contributed by atoms with Crippen molar-refractivity contribution in [1.29, 1.82) is 0 Å². The number of amides is 2. The normalized spacial score (nSPS) is 17.8. The van der Waals surface area contributed by atoms with Crippen LogP contribution in [0.1, 0.15) is 13.3 Å². The quantitative estimate of drug-likeness (QED) is 0.942. The predicted molar refractivity (Wildman–Crippen MR) is 88.7 cm³/mol. The van der Waals surface area contributed by atoms with Gasteiger partial charge in [-0.2, -0.15) is 0 Å². The number of benzene rings is 1. The molecule has 0 bridgehead atoms. The van der Waals surface area contributed by atoms with Gasteiger partial charge in [0.25, 0.3) is 0 Å². The Morgan fingerprint density at radius 1 is 1.32 bits per heavy atom. The van der Waals surface area contributed by atoms with Crippen molar-refractivity contribution in [1.82, 2.24) is 4.90 Å². The molecule has 2 amide bonds. The predicted octanol–water partition coefficient (Wildman–Crippen LogP) is 3.22. The van der Waals surface area contributed by atoms with Gasteiger partial charge in [0.15, 0.2) is 0 Å². The maximum atomic E-state index is 12.5. The number of nitrogens with one attached hydrogen (secondary N) is 1. The second kappa shape index (κ2) is 6.32. The zero-order chi connectivity index (χ0) is 15.5. The van der Waals surface area contributed by atoms with E-state index < -0.39 is 0 Å². The standard InChI is InChI=1S/C17H18N2O2S/c1-2-19-11-12(10-16(19)20)17(21)18-14-7-4-3-6-13(14)15-8-5-9-22-15/h3-9,12H,2,10-11H2,1H3,(H,18,21). The molecule has 0 saturated carbocycles. The lowest BCUT2D eigenvalue weighted by Crippen LogP contribution is -2.28. The van der Waals surface area contributed by atoms with Crippen molar-refractivity contribution in [3.8, 4) is 10.4 Å². The van der Waals surface area contributed by atoms with Gasteiger partial charge in [-0.05, 0) is 24.4 Å². The first-order chi connectivity index (χ1) is 10.7. The molecule has 4 nitrogen and oxygen atoms in total. The van der Waals surface area contributed by atoms with Gasteiger partial charge in [-0.1, -0.05) is 24.3 Å². The highest BCUT2D eigenvalue weighted by molar-refractivity contribution is 7.13. The minimum absolute atomic E-state index is 0.0641. The zero-order valence-electron chi connectivity index (χ0n) is 12.4. The summed E-state index contributed by atoms with van der Waals surface area (Å²) in [6, 6.07) is 11.8. The van der Waals surface area contributed by atoms with Gasteiger partial charge in [0.2, 0.25) is 11.8 Å². The molecule has 5 heteroatoms. The minimum Gasteiger partial charge on any atom is -0.342 e. The molecule has 0 radical (unpaired) electrons. The van der Waals surface area contributed by atoms with Crippen LogP contribution in [0.3, 0.4) is 0 Å². The van der Waals surface area contributed by atoms with E-state index in [4.69, 9.17) is 0 Å². The van der Waals surface area contributed by atoms with Crippen LogP contribution in [-0.4, -0.2) is 29.8 Å². The van der Waals surface area contributed by atoms with E-state index in [9.17, 15) is 9.59 Å². The molecule has 3 rings (SSSR count). The number of nitrogens with zero attached hydrogens (tertiary/aromatic N) is 1. The first-order valence-electron chi connectivity index (χ1n) is 7.40. The number of hydrogen-bond acceptors (Lipinski definition) is 3. The SMILES string of the molecule is CCN1CC(C(=O)Nc2ccccc2-c2cccs2)CC1=O. The summed E-state index contributed by atoms with van der Waals surface area (Å²) in [5.74, 6) is -0.272. The molecule has 0 aliphatic carbocycles. The van der Waals surface area contributed by atoms with Crippen molar-refractivity contribution in [3.05, 3.63) is 41.8 Å². The van der Waals surface area contributed by atoms with Gasteiger partial charge in [-0.25, -0.2) is 0 Å². The van der Waals surface area contributed by atoms with Crippen LogP contribution in [0.25, 0.3) is 10.4 Å². The summed E-state index contributed by atoms with van der Waals surface area (Å²) in [5.41, 5.74) is 1.82. The Kier molecular flexibility index (Phi) is 4.24. The largest absolute Gasteiger partial charge is 0.342 e. The van der Waals surface area contributed by atoms with Crippen LogP contribution in [0, 0.1) is 5.92 Å². The average Bonchev–Trinajstić information content (AvgIpc) is 3.17. The summed E-state index contributed by atoms with van der Waals surface area (Å²) >= 11 is 1.64. The Hall–Kier alpha value is -2.14. The van der Waals surface area contributed by atoms with Crippen LogP contribution < -0.4 is 5.32 Å². The van der Waals surface area contributed by atoms with Gasteiger partial charge in [-0.15, -0.1) is 11.3 Å². The lowest BCUT2D eigenvalue weighted by atomic mass is 10.1. The van der Waals surface area contributed by atoms with Gasteiger partial charge in [0, 0.05) is 35.6 Å². The molecule has 1 saturated heterocycles. The Morgan fingerprint density at radius 2 is 2.14 bits per heavy atom. The number of likely N-dealkylation sites (tertiary alicyclic amines) is 1. The molecule has 22 heavy (non-hydrogen) atoms. The van der Waals surface area contributed by atoms with Crippen molar-refractivity contribution < 1.29 is 9.59 Å². The first-order valence-corrected chi connectivity index (χ1v) is 8.28. The summed E-state index contributed by atoms with van der Waals surface area (Å²) in [6.07, 6.45) is 0.306. The third kappa shape index (κ3) is 2.90. The molecule has 2 heterocycles. The molecule has 0 spiro atoms. The Balaban J connectivity index is 1.77. The number of carbonyl (C=O) groups excluding carboxylic acids is 2. The Bertz CT molecular complexity index is 682. The summed E-state index contributed by atoms with van der Waals surface area (Å²) in [5, 5.41) is 5.01. The fourth-order valence-electron chi connectivity index (χ4n) is 2.73. The van der Waals surface area contributed by atoms with E-state index in [1.165, 1.54) is 0 Å². The van der Waals surface area contributed by atoms with Crippen LogP contribution >= 0.6 is 11.3 Å². The number of para-hydroxylation sites is 1. The van der Waals surface area contributed by atoms with Crippen molar-refractivity contribution in [2.75, 3.05) is 18.4 Å². The summed E-state index contributed by atoms with van der Waals surface area (Å²) in [7, 11) is 0. The summed E-state index contributed by atoms with van der Waals surface area (Å²) < 4.78 is 0. The molecular weight excluding hydrogens is 296 g/mol. The van der Waals surface area contributed by atoms with E-state index in [1.54, 1.807) is 16.2 Å². The lowest BCUT2D eigenvalue weighted by molar-refractivity contribution is -0.128. The highest BCUT2D eigenvalue weighted by Gasteiger charge is 2.33. The molecule has 1 aromatic carbocycles. The molecule has 1 aliphatic heterocycles. The van der Waals surface area contributed by atoms with Crippen molar-refractivity contribution in [3.63, 3.8) is 0 Å². The fraction of sp³-hybridized carbons (Fsp3) is 0.294. The molecule has 2 aromatic rings.